The topological polar surface area (TPSA) is 95.6 Å². The van der Waals surface area contributed by atoms with E-state index in [1.807, 2.05) is 6.07 Å². The number of nitrogens with zero attached hydrogens (tertiary/aromatic N) is 1. The van der Waals surface area contributed by atoms with Gasteiger partial charge in [0.15, 0.2) is 0 Å². The minimum atomic E-state index is -0.967. The summed E-state index contributed by atoms with van der Waals surface area (Å²) in [6.45, 7) is 9.32. The van der Waals surface area contributed by atoms with E-state index in [4.69, 9.17) is 10.6 Å². The van der Waals surface area contributed by atoms with E-state index in [0.29, 0.717) is 17.5 Å². The lowest BCUT2D eigenvalue weighted by Crippen LogP contribution is -2.35. The Morgan fingerprint density at radius 3 is 2.59 bits per heavy atom. The van der Waals surface area contributed by atoms with Crippen molar-refractivity contribution in [1.29, 1.82) is 0 Å². The average Bonchev–Trinajstić information content (AvgIpc) is 3.11. The molecule has 1 saturated heterocycles. The van der Waals surface area contributed by atoms with Crippen LogP contribution in [0.15, 0.2) is 24.3 Å². The van der Waals surface area contributed by atoms with Crippen LogP contribution in [0.4, 0.5) is 4.79 Å². The number of aromatic nitrogens is 1. The number of benzene rings is 1. The fourth-order valence-electron chi connectivity index (χ4n) is 4.78. The summed E-state index contributed by atoms with van der Waals surface area (Å²) >= 11 is 0. The molecule has 4 rings (SSSR count). The highest BCUT2D eigenvalue weighted by Crippen LogP contribution is 2.52. The summed E-state index contributed by atoms with van der Waals surface area (Å²) in [5.41, 5.74) is 2.42. The van der Waals surface area contributed by atoms with Gasteiger partial charge < -0.3 is 14.1 Å². The maximum Gasteiger partial charge on any atom is 0.432 e. The van der Waals surface area contributed by atoms with E-state index in [9.17, 15) is 9.59 Å². The van der Waals surface area contributed by atoms with Crippen LogP contribution in [0.25, 0.3) is 10.9 Å². The summed E-state index contributed by atoms with van der Waals surface area (Å²) in [4.78, 5) is 28.3. The minimum Gasteiger partial charge on any atom is -0.376 e. The SMILES string of the molecule is C[C@H]1C[C@]1(C)n1c(C(=O)NC(=O)ON)cc2cc([C@H]3CCOC(C)(C)C3)ccc21. The van der Waals surface area contributed by atoms with Crippen molar-refractivity contribution in [2.45, 2.75) is 64.0 Å². The van der Waals surface area contributed by atoms with Crippen molar-refractivity contribution < 1.29 is 19.2 Å². The van der Waals surface area contributed by atoms with E-state index in [2.05, 4.69) is 60.6 Å². The largest absolute Gasteiger partial charge is 0.432 e. The maximum absolute atomic E-state index is 12.8. The highest BCUT2D eigenvalue weighted by Gasteiger charge is 2.50. The Bertz CT molecular complexity index is 980. The van der Waals surface area contributed by atoms with Gasteiger partial charge >= 0.3 is 6.09 Å². The number of rotatable bonds is 3. The first-order chi connectivity index (χ1) is 13.6. The Kier molecular flexibility index (Phi) is 4.70. The second-order valence-electron chi connectivity index (χ2n) is 9.30. The molecule has 2 fully saturated rings. The Balaban J connectivity index is 1.76. The summed E-state index contributed by atoms with van der Waals surface area (Å²) in [7, 11) is 0. The van der Waals surface area contributed by atoms with Gasteiger partial charge in [0.25, 0.3) is 5.91 Å². The summed E-state index contributed by atoms with van der Waals surface area (Å²) in [5, 5.41) is 3.19. The Hall–Kier alpha value is -2.38. The van der Waals surface area contributed by atoms with Crippen LogP contribution >= 0.6 is 0 Å². The molecule has 0 spiro atoms. The zero-order valence-electron chi connectivity index (χ0n) is 17.5. The number of nitrogens with two attached hydrogens (primary N) is 1. The quantitative estimate of drug-likeness (QED) is 0.765. The number of imide groups is 1. The van der Waals surface area contributed by atoms with Gasteiger partial charge in [-0.05, 0) is 75.6 Å². The van der Waals surface area contributed by atoms with Gasteiger partial charge in [0.1, 0.15) is 5.69 Å². The summed E-state index contributed by atoms with van der Waals surface area (Å²) in [6.07, 6.45) is 1.96. The van der Waals surface area contributed by atoms with Gasteiger partial charge in [-0.3, -0.25) is 10.1 Å². The van der Waals surface area contributed by atoms with Gasteiger partial charge in [-0.1, -0.05) is 13.0 Å². The van der Waals surface area contributed by atoms with Crippen molar-refractivity contribution >= 4 is 22.9 Å². The molecule has 1 aromatic carbocycles. The molecule has 1 aliphatic carbocycles. The maximum atomic E-state index is 12.8. The second-order valence-corrected chi connectivity index (χ2v) is 9.30. The third-order valence-corrected chi connectivity index (χ3v) is 6.68. The number of hydrogen-bond donors (Lipinski definition) is 2. The van der Waals surface area contributed by atoms with Crippen molar-refractivity contribution in [2.75, 3.05) is 6.61 Å². The molecular weight excluding hydrogens is 370 g/mol. The van der Waals surface area contributed by atoms with Crippen molar-refractivity contribution in [3.8, 4) is 0 Å². The predicted molar refractivity (Wildman–Crippen MR) is 110 cm³/mol. The van der Waals surface area contributed by atoms with E-state index in [1.165, 1.54) is 5.56 Å². The van der Waals surface area contributed by atoms with E-state index < -0.39 is 12.0 Å². The molecule has 29 heavy (non-hydrogen) atoms. The molecule has 2 heterocycles. The highest BCUT2D eigenvalue weighted by molar-refractivity contribution is 6.05. The molecule has 1 saturated carbocycles. The summed E-state index contributed by atoms with van der Waals surface area (Å²) < 4.78 is 7.92. The van der Waals surface area contributed by atoms with E-state index in [0.717, 1.165) is 36.8 Å². The normalized spacial score (nSPS) is 28.2. The smallest absolute Gasteiger partial charge is 0.376 e. The number of amides is 2. The molecule has 3 N–H and O–H groups in total. The molecule has 1 aliphatic heterocycles. The number of nitrogens with one attached hydrogen (secondary N) is 1. The van der Waals surface area contributed by atoms with Crippen LogP contribution in [0.2, 0.25) is 0 Å². The summed E-state index contributed by atoms with van der Waals surface area (Å²) in [6, 6.07) is 8.30. The fourth-order valence-corrected chi connectivity index (χ4v) is 4.78. The molecule has 7 heteroatoms. The molecule has 0 unspecified atom stereocenters. The predicted octanol–water partition coefficient (Wildman–Crippen LogP) is 3.81. The van der Waals surface area contributed by atoms with Gasteiger partial charge in [-0.25, -0.2) is 4.79 Å². The zero-order chi connectivity index (χ0) is 21.0. The first-order valence-corrected chi connectivity index (χ1v) is 10.2. The highest BCUT2D eigenvalue weighted by atomic mass is 16.7. The van der Waals surface area contributed by atoms with E-state index in [-0.39, 0.29) is 11.1 Å². The average molecular weight is 399 g/mol. The molecule has 0 bridgehead atoms. The van der Waals surface area contributed by atoms with Gasteiger partial charge in [-0.2, -0.15) is 5.90 Å². The van der Waals surface area contributed by atoms with Gasteiger partial charge in [0.05, 0.1) is 5.60 Å². The summed E-state index contributed by atoms with van der Waals surface area (Å²) in [5.74, 6) is 5.24. The molecular formula is C22H29N3O4. The first-order valence-electron chi connectivity index (χ1n) is 10.2. The van der Waals surface area contributed by atoms with Crippen molar-refractivity contribution in [3.05, 3.63) is 35.5 Å². The minimum absolute atomic E-state index is 0.131. The van der Waals surface area contributed by atoms with Crippen LogP contribution in [-0.2, 0) is 15.1 Å². The molecule has 7 nitrogen and oxygen atoms in total. The number of carbonyl (C=O) groups is 2. The Labute approximate surface area is 170 Å². The van der Waals surface area contributed by atoms with E-state index >= 15 is 0 Å². The van der Waals surface area contributed by atoms with Gasteiger partial charge in [0.2, 0.25) is 0 Å². The standard InChI is InChI=1S/C22H29N3O4/c1-13-11-22(13,4)25-17-6-5-14(15-7-8-28-21(2,3)12-15)9-16(17)10-18(25)19(26)24-20(27)29-23/h5-6,9-10,13,15H,7-8,11-12,23H2,1-4H3,(H,24,26,27)/t13-,15-,22-/m0/s1. The molecule has 156 valence electrons. The number of carbonyl (C=O) groups excluding carboxylic acids is 2. The Morgan fingerprint density at radius 1 is 1.24 bits per heavy atom. The van der Waals surface area contributed by atoms with Crippen LogP contribution in [-0.4, -0.2) is 28.8 Å². The van der Waals surface area contributed by atoms with Gasteiger partial charge in [-0.15, -0.1) is 0 Å². The monoisotopic (exact) mass is 399 g/mol. The van der Waals surface area contributed by atoms with Gasteiger partial charge in [0, 0.05) is 23.0 Å². The molecule has 3 atom stereocenters. The lowest BCUT2D eigenvalue weighted by molar-refractivity contribution is -0.0592. The molecule has 1 aromatic heterocycles. The van der Waals surface area contributed by atoms with Crippen molar-refractivity contribution in [3.63, 3.8) is 0 Å². The van der Waals surface area contributed by atoms with E-state index in [1.54, 1.807) is 0 Å². The Morgan fingerprint density at radius 2 is 1.97 bits per heavy atom. The van der Waals surface area contributed by atoms with Crippen LogP contribution in [0.3, 0.4) is 0 Å². The van der Waals surface area contributed by atoms with Crippen LogP contribution < -0.4 is 11.2 Å². The molecule has 0 radical (unpaired) electrons. The number of fused-ring (bicyclic) bond motifs is 1. The second kappa shape index (κ2) is 6.85. The third kappa shape index (κ3) is 3.53. The van der Waals surface area contributed by atoms with Crippen LogP contribution in [0, 0.1) is 5.92 Å². The first kappa shape index (κ1) is 19.9. The molecule has 2 aliphatic rings. The fraction of sp³-hybridized carbons (Fsp3) is 0.545. The third-order valence-electron chi connectivity index (χ3n) is 6.68. The molecule has 2 amide bonds. The molecule has 2 aromatic rings. The lowest BCUT2D eigenvalue weighted by atomic mass is 9.83. The lowest BCUT2D eigenvalue weighted by Gasteiger charge is -2.35. The zero-order valence-corrected chi connectivity index (χ0v) is 17.5. The van der Waals surface area contributed by atoms with Crippen LogP contribution in [0.1, 0.15) is 68.9 Å². The van der Waals surface area contributed by atoms with Crippen molar-refractivity contribution in [1.82, 2.24) is 9.88 Å². The number of hydrogen-bond acceptors (Lipinski definition) is 5. The van der Waals surface area contributed by atoms with Crippen LogP contribution in [0.5, 0.6) is 0 Å². The number of ether oxygens (including phenoxy) is 1. The van der Waals surface area contributed by atoms with Crippen molar-refractivity contribution in [2.24, 2.45) is 11.8 Å².